The van der Waals surface area contributed by atoms with Gasteiger partial charge in [-0.25, -0.2) is 9.78 Å². The highest BCUT2D eigenvalue weighted by Crippen LogP contribution is 2.26. The molecule has 0 aliphatic carbocycles. The number of ether oxygens (including phenoxy) is 1. The molecule has 7 nitrogen and oxygen atoms in total. The van der Waals surface area contributed by atoms with Crippen LogP contribution < -0.4 is 4.90 Å². The van der Waals surface area contributed by atoms with Crippen molar-refractivity contribution in [3.63, 3.8) is 0 Å². The monoisotopic (exact) mass is 261 g/mol. The zero-order valence-electron chi connectivity index (χ0n) is 10.7. The second-order valence-electron chi connectivity index (χ2n) is 4.54. The van der Waals surface area contributed by atoms with E-state index in [0.717, 1.165) is 25.8 Å². The summed E-state index contributed by atoms with van der Waals surface area (Å²) >= 11 is 0. The molecule has 1 aliphatic rings. The van der Waals surface area contributed by atoms with Crippen LogP contribution in [0.2, 0.25) is 0 Å². The summed E-state index contributed by atoms with van der Waals surface area (Å²) in [5, 5.41) is 7.95. The van der Waals surface area contributed by atoms with Gasteiger partial charge in [0.15, 0.2) is 5.82 Å². The first-order valence-electron chi connectivity index (χ1n) is 6.30. The lowest BCUT2D eigenvalue weighted by atomic mass is 10.0. The summed E-state index contributed by atoms with van der Waals surface area (Å²) in [5.41, 5.74) is 0.665. The van der Waals surface area contributed by atoms with E-state index in [1.807, 2.05) is 4.90 Å². The van der Waals surface area contributed by atoms with Gasteiger partial charge in [0.05, 0.1) is 7.11 Å². The zero-order valence-corrected chi connectivity index (χ0v) is 10.7. The molecule has 7 heteroatoms. The summed E-state index contributed by atoms with van der Waals surface area (Å²) in [6.07, 6.45) is 7.93. The largest absolute Gasteiger partial charge is 0.467 e. The number of methoxy groups -OCH3 is 1. The second kappa shape index (κ2) is 4.83. The van der Waals surface area contributed by atoms with E-state index < -0.39 is 0 Å². The lowest BCUT2D eigenvalue weighted by Gasteiger charge is -2.34. The van der Waals surface area contributed by atoms with Crippen LogP contribution in [0.1, 0.15) is 19.3 Å². The molecule has 2 aromatic heterocycles. The summed E-state index contributed by atoms with van der Waals surface area (Å²) in [6.45, 7) is 0.777. The molecule has 1 atom stereocenters. The van der Waals surface area contributed by atoms with E-state index in [9.17, 15) is 4.79 Å². The van der Waals surface area contributed by atoms with E-state index in [-0.39, 0.29) is 12.0 Å². The topological polar surface area (TPSA) is 72.6 Å². The number of esters is 1. The first-order valence-corrected chi connectivity index (χ1v) is 6.30. The average Bonchev–Trinajstić information content (AvgIpc) is 2.94. The number of aromatic nitrogens is 4. The highest BCUT2D eigenvalue weighted by molar-refractivity contribution is 5.81. The van der Waals surface area contributed by atoms with Crippen LogP contribution in [0.15, 0.2) is 18.7 Å². The predicted octanol–water partition coefficient (Wildman–Crippen LogP) is 0.656. The molecule has 3 rings (SSSR count). The van der Waals surface area contributed by atoms with Crippen LogP contribution in [-0.2, 0) is 9.53 Å². The van der Waals surface area contributed by atoms with Crippen molar-refractivity contribution >= 4 is 17.4 Å². The maximum absolute atomic E-state index is 11.9. The first kappa shape index (κ1) is 11.9. The van der Waals surface area contributed by atoms with Crippen LogP contribution >= 0.6 is 0 Å². The predicted molar refractivity (Wildman–Crippen MR) is 67.8 cm³/mol. The molecular weight excluding hydrogens is 246 g/mol. The van der Waals surface area contributed by atoms with Gasteiger partial charge in [0.25, 0.3) is 0 Å². The summed E-state index contributed by atoms with van der Waals surface area (Å²) in [4.78, 5) is 18.2. The molecule has 3 heterocycles. The van der Waals surface area contributed by atoms with Crippen molar-refractivity contribution < 1.29 is 9.53 Å². The quantitative estimate of drug-likeness (QED) is 0.739. The summed E-state index contributed by atoms with van der Waals surface area (Å²) in [7, 11) is 1.42. The van der Waals surface area contributed by atoms with E-state index in [2.05, 4.69) is 15.2 Å². The Balaban J connectivity index is 2.02. The van der Waals surface area contributed by atoms with Crippen LogP contribution in [0, 0.1) is 0 Å². The Morgan fingerprint density at radius 2 is 2.37 bits per heavy atom. The van der Waals surface area contributed by atoms with Gasteiger partial charge in [-0.15, -0.1) is 10.2 Å². The number of hydrogen-bond acceptors (Lipinski definition) is 6. The Bertz CT molecular complexity index is 597. The van der Waals surface area contributed by atoms with Gasteiger partial charge in [-0.3, -0.25) is 4.40 Å². The van der Waals surface area contributed by atoms with Crippen molar-refractivity contribution in [3.05, 3.63) is 18.7 Å². The standard InChI is InChI=1S/C12H15N5O2/c1-19-12(18)9-4-2-3-6-17(9)10-11-15-14-8-16(11)7-5-13-10/h5,7-9H,2-4,6H2,1H3. The van der Waals surface area contributed by atoms with Crippen LogP contribution in [0.25, 0.3) is 5.65 Å². The summed E-state index contributed by atoms with van der Waals surface area (Å²) < 4.78 is 6.68. The molecule has 1 saturated heterocycles. The number of piperidine rings is 1. The number of carbonyl (C=O) groups is 1. The van der Waals surface area contributed by atoms with Crippen molar-refractivity contribution in [2.45, 2.75) is 25.3 Å². The normalized spacial score (nSPS) is 19.6. The molecule has 0 N–H and O–H groups in total. The van der Waals surface area contributed by atoms with Crippen LogP contribution in [0.5, 0.6) is 0 Å². The number of anilines is 1. The molecule has 2 aromatic rings. The van der Waals surface area contributed by atoms with Crippen molar-refractivity contribution in [1.29, 1.82) is 0 Å². The van der Waals surface area contributed by atoms with Crippen molar-refractivity contribution in [2.24, 2.45) is 0 Å². The second-order valence-corrected chi connectivity index (χ2v) is 4.54. The SMILES string of the molecule is COC(=O)C1CCCCN1c1nccn2cnnc12. The zero-order chi connectivity index (χ0) is 13.2. The number of fused-ring (bicyclic) bond motifs is 1. The fourth-order valence-corrected chi connectivity index (χ4v) is 2.51. The van der Waals surface area contributed by atoms with Crippen LogP contribution in [0.3, 0.4) is 0 Å². The molecule has 1 unspecified atom stereocenters. The summed E-state index contributed by atoms with van der Waals surface area (Å²) in [6, 6.07) is -0.283. The number of rotatable bonds is 2. The number of hydrogen-bond donors (Lipinski definition) is 0. The lowest BCUT2D eigenvalue weighted by Crippen LogP contribution is -2.46. The highest BCUT2D eigenvalue weighted by atomic mass is 16.5. The van der Waals surface area contributed by atoms with Gasteiger partial charge < -0.3 is 9.64 Å². The smallest absolute Gasteiger partial charge is 0.328 e. The van der Waals surface area contributed by atoms with Crippen molar-refractivity contribution in [3.8, 4) is 0 Å². The van der Waals surface area contributed by atoms with E-state index in [0.29, 0.717) is 11.5 Å². The van der Waals surface area contributed by atoms with Gasteiger partial charge in [0.2, 0.25) is 5.65 Å². The van der Waals surface area contributed by atoms with Crippen LogP contribution in [0.4, 0.5) is 5.82 Å². The van der Waals surface area contributed by atoms with Crippen LogP contribution in [-0.4, -0.2) is 45.2 Å². The van der Waals surface area contributed by atoms with Gasteiger partial charge in [-0.05, 0) is 19.3 Å². The first-order chi connectivity index (χ1) is 9.31. The Hall–Kier alpha value is -2.18. The van der Waals surface area contributed by atoms with Crippen molar-refractivity contribution in [1.82, 2.24) is 19.6 Å². The molecular formula is C12H15N5O2. The Labute approximate surface area is 110 Å². The van der Waals surface area contributed by atoms with E-state index >= 15 is 0 Å². The third-order valence-corrected chi connectivity index (χ3v) is 3.45. The molecule has 1 aliphatic heterocycles. The molecule has 0 saturated carbocycles. The summed E-state index contributed by atoms with van der Waals surface area (Å²) in [5.74, 6) is 0.470. The third kappa shape index (κ3) is 2.00. The van der Waals surface area contributed by atoms with Gasteiger partial charge in [0.1, 0.15) is 12.4 Å². The number of carbonyl (C=O) groups excluding carboxylic acids is 1. The van der Waals surface area contributed by atoms with Crippen molar-refractivity contribution in [2.75, 3.05) is 18.6 Å². The molecule has 100 valence electrons. The molecule has 0 spiro atoms. The third-order valence-electron chi connectivity index (χ3n) is 3.45. The van der Waals surface area contributed by atoms with Gasteiger partial charge in [-0.1, -0.05) is 0 Å². The fourth-order valence-electron chi connectivity index (χ4n) is 2.51. The Morgan fingerprint density at radius 1 is 1.47 bits per heavy atom. The minimum absolute atomic E-state index is 0.219. The molecule has 19 heavy (non-hydrogen) atoms. The molecule has 0 aromatic carbocycles. The highest BCUT2D eigenvalue weighted by Gasteiger charge is 2.31. The molecule has 0 radical (unpaired) electrons. The molecule has 0 amide bonds. The van der Waals surface area contributed by atoms with E-state index in [4.69, 9.17) is 4.74 Å². The lowest BCUT2D eigenvalue weighted by molar-refractivity contribution is -0.142. The van der Waals surface area contributed by atoms with E-state index in [1.54, 1.807) is 23.1 Å². The number of nitrogens with zero attached hydrogens (tertiary/aromatic N) is 5. The maximum atomic E-state index is 11.9. The minimum atomic E-state index is -0.283. The Morgan fingerprint density at radius 3 is 3.21 bits per heavy atom. The van der Waals surface area contributed by atoms with Gasteiger partial charge >= 0.3 is 5.97 Å². The van der Waals surface area contributed by atoms with E-state index in [1.165, 1.54) is 7.11 Å². The Kier molecular flexibility index (Phi) is 3.02. The minimum Gasteiger partial charge on any atom is -0.467 e. The molecule has 0 bridgehead atoms. The fraction of sp³-hybridized carbons (Fsp3) is 0.500. The maximum Gasteiger partial charge on any atom is 0.328 e. The molecule has 1 fully saturated rings. The van der Waals surface area contributed by atoms with Gasteiger partial charge in [-0.2, -0.15) is 0 Å². The average molecular weight is 261 g/mol. The van der Waals surface area contributed by atoms with Gasteiger partial charge in [0, 0.05) is 18.9 Å².